The lowest BCUT2D eigenvalue weighted by molar-refractivity contribution is 0.772. The summed E-state index contributed by atoms with van der Waals surface area (Å²) in [7, 11) is 0. The summed E-state index contributed by atoms with van der Waals surface area (Å²) in [6, 6.07) is 22.2. The number of aryl methyl sites for hydroxylation is 3. The topological polar surface area (TPSA) is 48.0 Å². The molecule has 1 heterocycles. The van der Waals surface area contributed by atoms with Gasteiger partial charge in [0, 0.05) is 11.1 Å². The maximum atomic E-state index is 13.5. The van der Waals surface area contributed by atoms with Gasteiger partial charge >= 0.3 is 0 Å². The van der Waals surface area contributed by atoms with E-state index in [0.717, 1.165) is 33.2 Å². The molecule has 140 valence electrons. The minimum atomic E-state index is 0.0352. The van der Waals surface area contributed by atoms with Crippen molar-refractivity contribution in [3.63, 3.8) is 0 Å². The zero-order valence-corrected chi connectivity index (χ0v) is 16.5. The van der Waals surface area contributed by atoms with Gasteiger partial charge in [-0.15, -0.1) is 0 Å². The third-order valence-corrected chi connectivity index (χ3v) is 5.30. The predicted octanol–water partition coefficient (Wildman–Crippen LogP) is 5.22. The molecule has 0 saturated heterocycles. The van der Waals surface area contributed by atoms with Gasteiger partial charge in [-0.05, 0) is 67.1 Å². The van der Waals surface area contributed by atoms with E-state index in [1.165, 1.54) is 11.1 Å². The summed E-state index contributed by atoms with van der Waals surface area (Å²) in [6.45, 7) is 6.73. The van der Waals surface area contributed by atoms with Crippen LogP contribution in [0, 0.1) is 20.8 Å². The summed E-state index contributed by atoms with van der Waals surface area (Å²) in [5, 5.41) is 1.71. The largest absolute Gasteiger partial charge is 0.399 e. The molecule has 0 spiro atoms. The van der Waals surface area contributed by atoms with Crippen LogP contribution in [-0.2, 0) is 6.54 Å². The Morgan fingerprint density at radius 2 is 1.50 bits per heavy atom. The fraction of sp³-hybridized carbons (Fsp3) is 0.160. The highest BCUT2D eigenvalue weighted by atomic mass is 16.1. The van der Waals surface area contributed by atoms with Crippen LogP contribution >= 0.6 is 0 Å². The van der Waals surface area contributed by atoms with Gasteiger partial charge in [0.1, 0.15) is 0 Å². The summed E-state index contributed by atoms with van der Waals surface area (Å²) in [4.78, 5) is 13.5. The molecule has 0 atom stereocenters. The Balaban J connectivity index is 1.98. The third-order valence-electron chi connectivity index (χ3n) is 5.30. The quantitative estimate of drug-likeness (QED) is 0.504. The molecule has 3 aromatic carbocycles. The van der Waals surface area contributed by atoms with Crippen LogP contribution in [0.4, 0.5) is 5.69 Å². The summed E-state index contributed by atoms with van der Waals surface area (Å²) in [5.41, 5.74) is 13.2. The van der Waals surface area contributed by atoms with Crippen molar-refractivity contribution in [1.82, 2.24) is 4.57 Å². The number of rotatable bonds is 3. The molecule has 4 aromatic rings. The molecular weight excluding hydrogens is 344 g/mol. The first-order chi connectivity index (χ1) is 13.4. The van der Waals surface area contributed by atoms with Gasteiger partial charge in [0.05, 0.1) is 12.2 Å². The van der Waals surface area contributed by atoms with E-state index < -0.39 is 0 Å². The van der Waals surface area contributed by atoms with Crippen LogP contribution in [0.1, 0.15) is 22.3 Å². The molecule has 0 radical (unpaired) electrons. The van der Waals surface area contributed by atoms with Gasteiger partial charge in [-0.2, -0.15) is 0 Å². The fourth-order valence-electron chi connectivity index (χ4n) is 3.70. The molecule has 0 unspecified atom stereocenters. The lowest BCUT2D eigenvalue weighted by Crippen LogP contribution is -2.23. The predicted molar refractivity (Wildman–Crippen MR) is 118 cm³/mol. The van der Waals surface area contributed by atoms with E-state index >= 15 is 0 Å². The molecule has 0 aliphatic heterocycles. The van der Waals surface area contributed by atoms with Crippen LogP contribution < -0.4 is 11.3 Å². The molecule has 0 fully saturated rings. The monoisotopic (exact) mass is 368 g/mol. The Labute approximate surface area is 165 Å². The zero-order valence-electron chi connectivity index (χ0n) is 16.5. The number of nitrogens with two attached hydrogens (primary N) is 1. The molecule has 0 bridgehead atoms. The summed E-state index contributed by atoms with van der Waals surface area (Å²) >= 11 is 0. The van der Waals surface area contributed by atoms with Crippen molar-refractivity contribution in [2.45, 2.75) is 27.3 Å². The average Bonchev–Trinajstić information content (AvgIpc) is 2.67. The molecule has 3 nitrogen and oxygen atoms in total. The minimum Gasteiger partial charge on any atom is -0.399 e. The van der Waals surface area contributed by atoms with Gasteiger partial charge in [-0.3, -0.25) is 4.79 Å². The van der Waals surface area contributed by atoms with Gasteiger partial charge < -0.3 is 10.3 Å². The first kappa shape index (κ1) is 18.1. The van der Waals surface area contributed by atoms with Crippen LogP contribution in [0.15, 0.2) is 71.5 Å². The molecule has 0 aliphatic carbocycles. The molecule has 0 saturated carbocycles. The van der Waals surface area contributed by atoms with Crippen molar-refractivity contribution in [1.29, 1.82) is 0 Å². The van der Waals surface area contributed by atoms with Crippen molar-refractivity contribution in [2.75, 3.05) is 5.73 Å². The summed E-state index contributed by atoms with van der Waals surface area (Å²) < 4.78 is 1.88. The van der Waals surface area contributed by atoms with Gasteiger partial charge in [0.25, 0.3) is 5.56 Å². The Bertz CT molecular complexity index is 1230. The summed E-state index contributed by atoms with van der Waals surface area (Å²) in [6.07, 6.45) is 0. The Morgan fingerprint density at radius 3 is 2.21 bits per heavy atom. The number of nitrogens with zero attached hydrogens (tertiary/aromatic N) is 1. The second kappa shape index (κ2) is 7.01. The fourth-order valence-corrected chi connectivity index (χ4v) is 3.70. The van der Waals surface area contributed by atoms with E-state index in [-0.39, 0.29) is 5.56 Å². The molecule has 28 heavy (non-hydrogen) atoms. The van der Waals surface area contributed by atoms with Gasteiger partial charge in [0.2, 0.25) is 0 Å². The number of pyridine rings is 1. The maximum Gasteiger partial charge on any atom is 0.259 e. The molecule has 0 amide bonds. The maximum absolute atomic E-state index is 13.5. The highest BCUT2D eigenvalue weighted by Crippen LogP contribution is 2.25. The molecule has 2 N–H and O–H groups in total. The van der Waals surface area contributed by atoms with E-state index in [0.29, 0.717) is 12.2 Å². The zero-order chi connectivity index (χ0) is 19.8. The van der Waals surface area contributed by atoms with E-state index in [1.54, 1.807) is 0 Å². The normalized spacial score (nSPS) is 11.1. The van der Waals surface area contributed by atoms with Crippen molar-refractivity contribution in [2.24, 2.45) is 0 Å². The molecule has 1 aromatic heterocycles. The SMILES string of the molecule is Cc1ccc(Cn2c(-c3ccc(N)cc3)cc3ccc(C)cc3c2=O)c(C)c1. The first-order valence-electron chi connectivity index (χ1n) is 9.48. The number of hydrogen-bond donors (Lipinski definition) is 1. The van der Waals surface area contributed by atoms with Gasteiger partial charge in [0.15, 0.2) is 0 Å². The Kier molecular flexibility index (Phi) is 4.52. The molecule has 0 aliphatic rings. The van der Waals surface area contributed by atoms with Crippen LogP contribution in [0.2, 0.25) is 0 Å². The smallest absolute Gasteiger partial charge is 0.259 e. The summed E-state index contributed by atoms with van der Waals surface area (Å²) in [5.74, 6) is 0. The number of nitrogen functional groups attached to an aromatic ring is 1. The van der Waals surface area contributed by atoms with Crippen molar-refractivity contribution >= 4 is 16.5 Å². The second-order valence-corrected chi connectivity index (χ2v) is 7.56. The first-order valence-corrected chi connectivity index (χ1v) is 9.48. The molecule has 3 heteroatoms. The van der Waals surface area contributed by atoms with Crippen molar-refractivity contribution in [3.05, 3.63) is 99.3 Å². The third kappa shape index (κ3) is 3.31. The van der Waals surface area contributed by atoms with Crippen LogP contribution in [0.5, 0.6) is 0 Å². The second-order valence-electron chi connectivity index (χ2n) is 7.56. The lowest BCUT2D eigenvalue weighted by atomic mass is 10.0. The van der Waals surface area contributed by atoms with E-state index in [1.807, 2.05) is 54.0 Å². The number of fused-ring (bicyclic) bond motifs is 1. The molecule has 4 rings (SSSR count). The highest BCUT2D eigenvalue weighted by molar-refractivity contribution is 5.86. The molecular formula is C25H24N2O. The van der Waals surface area contributed by atoms with Gasteiger partial charge in [-0.25, -0.2) is 0 Å². The lowest BCUT2D eigenvalue weighted by Gasteiger charge is -2.17. The van der Waals surface area contributed by atoms with Crippen molar-refractivity contribution in [3.8, 4) is 11.3 Å². The van der Waals surface area contributed by atoms with Crippen LogP contribution in [-0.4, -0.2) is 4.57 Å². The highest BCUT2D eigenvalue weighted by Gasteiger charge is 2.13. The average molecular weight is 368 g/mol. The van der Waals surface area contributed by atoms with Crippen LogP contribution in [0.25, 0.3) is 22.0 Å². The van der Waals surface area contributed by atoms with Gasteiger partial charge in [-0.1, -0.05) is 53.6 Å². The number of hydrogen-bond acceptors (Lipinski definition) is 2. The van der Waals surface area contributed by atoms with E-state index in [2.05, 4.69) is 38.1 Å². The van der Waals surface area contributed by atoms with Crippen LogP contribution in [0.3, 0.4) is 0 Å². The number of anilines is 1. The Morgan fingerprint density at radius 1 is 0.821 bits per heavy atom. The van der Waals surface area contributed by atoms with E-state index in [9.17, 15) is 4.79 Å². The minimum absolute atomic E-state index is 0.0352. The van der Waals surface area contributed by atoms with Crippen molar-refractivity contribution < 1.29 is 0 Å². The number of aromatic nitrogens is 1. The number of benzene rings is 3. The van der Waals surface area contributed by atoms with E-state index in [4.69, 9.17) is 5.73 Å². The standard InChI is InChI=1S/C25H24N2O/c1-16-5-7-21(18(3)12-16)15-27-24(19-8-10-22(26)11-9-19)14-20-6-4-17(2)13-23(20)25(27)28/h4-14H,15,26H2,1-3H3. The Hall–Kier alpha value is -3.33.